The van der Waals surface area contributed by atoms with Gasteiger partial charge in [0.25, 0.3) is 0 Å². The molecule has 14 heteroatoms. The van der Waals surface area contributed by atoms with Crippen molar-refractivity contribution in [3.05, 3.63) is 43.4 Å². The van der Waals surface area contributed by atoms with Crippen LogP contribution >= 0.6 is 46.4 Å². The van der Waals surface area contributed by atoms with Gasteiger partial charge < -0.3 is 20.4 Å². The summed E-state index contributed by atoms with van der Waals surface area (Å²) in [5.41, 5.74) is -9.12. The molecule has 0 radical (unpaired) electrons. The van der Waals surface area contributed by atoms with Crippen LogP contribution in [0, 0.1) is 0 Å². The second kappa shape index (κ2) is 7.26. The lowest BCUT2D eigenvalue weighted by molar-refractivity contribution is -0.289. The zero-order chi connectivity index (χ0) is 22.7. The fourth-order valence-electron chi connectivity index (χ4n) is 2.69. The van der Waals surface area contributed by atoms with Gasteiger partial charge in [0, 0.05) is 11.1 Å². The van der Waals surface area contributed by atoms with Crippen molar-refractivity contribution in [1.82, 2.24) is 0 Å². The molecule has 0 atom stereocenters. The van der Waals surface area contributed by atoms with Crippen molar-refractivity contribution < 1.29 is 46.8 Å². The van der Waals surface area contributed by atoms with Crippen LogP contribution in [0.5, 0.6) is 23.0 Å². The smallest absolute Gasteiger partial charge is 0.411 e. The van der Waals surface area contributed by atoms with Crippen LogP contribution in [0.4, 0.5) is 26.3 Å². The quantitative estimate of drug-likeness (QED) is 0.350. The molecule has 2 aromatic rings. The van der Waals surface area contributed by atoms with Crippen LogP contribution in [-0.4, -0.2) is 32.8 Å². The molecule has 0 saturated heterocycles. The van der Waals surface area contributed by atoms with Crippen molar-refractivity contribution in [1.29, 1.82) is 0 Å². The van der Waals surface area contributed by atoms with Gasteiger partial charge in [-0.1, -0.05) is 46.4 Å². The van der Waals surface area contributed by atoms with E-state index in [0.29, 0.717) is 0 Å². The van der Waals surface area contributed by atoms with Crippen LogP contribution in [0.2, 0.25) is 20.1 Å². The molecule has 2 aromatic carbocycles. The van der Waals surface area contributed by atoms with Gasteiger partial charge in [0.05, 0.1) is 10.0 Å². The summed E-state index contributed by atoms with van der Waals surface area (Å²) in [5, 5.41) is 34.2. The van der Waals surface area contributed by atoms with Crippen molar-refractivity contribution in [3.8, 4) is 23.0 Å². The molecule has 4 N–H and O–H groups in total. The van der Waals surface area contributed by atoms with E-state index in [0.717, 1.165) is 0 Å². The number of phenols is 4. The van der Waals surface area contributed by atoms with Crippen molar-refractivity contribution in [2.75, 3.05) is 0 Å². The molecule has 0 amide bonds. The van der Waals surface area contributed by atoms with Crippen LogP contribution in [0.25, 0.3) is 0 Å². The maximum absolute atomic E-state index is 14.1. The molecular weight excluding hydrogens is 500 g/mol. The lowest BCUT2D eigenvalue weighted by Crippen LogP contribution is -2.55. The van der Waals surface area contributed by atoms with Gasteiger partial charge in [0.1, 0.15) is 21.5 Å². The number of alkyl halides is 6. The van der Waals surface area contributed by atoms with Gasteiger partial charge in [0.2, 0.25) is 5.41 Å². The van der Waals surface area contributed by atoms with E-state index < -0.39 is 72.0 Å². The summed E-state index contributed by atoms with van der Waals surface area (Å²) in [5.74, 6) is -6.00. The Labute approximate surface area is 177 Å². The first kappa shape index (κ1) is 23.7. The highest BCUT2D eigenvalue weighted by atomic mass is 35.5. The maximum Gasteiger partial charge on any atom is 0.411 e. The number of benzene rings is 2. The van der Waals surface area contributed by atoms with Crippen molar-refractivity contribution in [2.24, 2.45) is 0 Å². The van der Waals surface area contributed by atoms with E-state index in [4.69, 9.17) is 46.4 Å². The summed E-state index contributed by atoms with van der Waals surface area (Å²) < 4.78 is 84.5. The summed E-state index contributed by atoms with van der Waals surface area (Å²) in [7, 11) is 0. The van der Waals surface area contributed by atoms with E-state index in [1.54, 1.807) is 0 Å². The number of halogens is 10. The van der Waals surface area contributed by atoms with E-state index >= 15 is 0 Å². The molecule has 160 valence electrons. The number of rotatable bonds is 2. The minimum absolute atomic E-state index is 0.0206. The van der Waals surface area contributed by atoms with Gasteiger partial charge in [-0.05, 0) is 12.1 Å². The maximum atomic E-state index is 14.1. The van der Waals surface area contributed by atoms with Crippen LogP contribution in [0.3, 0.4) is 0 Å². The largest absolute Gasteiger partial charge is 0.506 e. The Morgan fingerprint density at radius 2 is 0.828 bits per heavy atom. The lowest BCUT2D eigenvalue weighted by Gasteiger charge is -2.39. The molecule has 29 heavy (non-hydrogen) atoms. The number of aromatic hydroxyl groups is 4. The third-order valence-corrected chi connectivity index (χ3v) is 5.29. The average molecular weight is 506 g/mol. The normalized spacial score (nSPS) is 13.0. The fourth-order valence-corrected chi connectivity index (χ4v) is 3.60. The van der Waals surface area contributed by atoms with E-state index in [9.17, 15) is 46.8 Å². The Morgan fingerprint density at radius 1 is 0.552 bits per heavy atom. The van der Waals surface area contributed by atoms with E-state index in [1.165, 1.54) is 0 Å². The van der Waals surface area contributed by atoms with E-state index in [1.807, 2.05) is 0 Å². The van der Waals surface area contributed by atoms with Gasteiger partial charge in [-0.25, -0.2) is 0 Å². The van der Waals surface area contributed by atoms with Gasteiger partial charge >= 0.3 is 12.4 Å². The van der Waals surface area contributed by atoms with E-state index in [2.05, 4.69) is 0 Å². The Bertz CT molecular complexity index is 911. The van der Waals surface area contributed by atoms with Crippen LogP contribution in [-0.2, 0) is 5.41 Å². The summed E-state index contributed by atoms with van der Waals surface area (Å²) in [4.78, 5) is 0. The van der Waals surface area contributed by atoms with Crippen LogP contribution in [0.1, 0.15) is 11.1 Å². The third kappa shape index (κ3) is 3.35. The second-order valence-corrected chi connectivity index (χ2v) is 7.15. The highest BCUT2D eigenvalue weighted by Crippen LogP contribution is 2.63. The molecule has 0 heterocycles. The third-order valence-electron chi connectivity index (χ3n) is 3.99. The van der Waals surface area contributed by atoms with Crippen LogP contribution in [0.15, 0.2) is 12.1 Å². The Morgan fingerprint density at radius 3 is 1.07 bits per heavy atom. The Balaban J connectivity index is 3.23. The molecule has 0 spiro atoms. The minimum atomic E-state index is -6.30. The molecule has 0 bridgehead atoms. The van der Waals surface area contributed by atoms with Crippen LogP contribution < -0.4 is 0 Å². The number of hydrogen-bond acceptors (Lipinski definition) is 4. The molecule has 0 aliphatic carbocycles. The SMILES string of the molecule is Oc1c(Cl)cc(C(c2cc(Cl)c(O)c(Cl)c2O)(C(F)(F)F)C(F)(F)F)c(O)c1Cl. The summed E-state index contributed by atoms with van der Waals surface area (Å²) in [6, 6.07) is -0.0413. The molecule has 0 aliphatic heterocycles. The molecule has 2 rings (SSSR count). The summed E-state index contributed by atoms with van der Waals surface area (Å²) in [6.45, 7) is 0. The highest BCUT2D eigenvalue weighted by molar-refractivity contribution is 6.39. The van der Waals surface area contributed by atoms with Crippen molar-refractivity contribution in [2.45, 2.75) is 17.8 Å². The Hall–Kier alpha value is -1.62. The lowest BCUT2D eigenvalue weighted by atomic mass is 9.72. The Kier molecular flexibility index (Phi) is 5.92. The number of phenolic OH excluding ortho intramolecular Hbond substituents is 4. The highest BCUT2D eigenvalue weighted by Gasteiger charge is 2.74. The molecular formula is C15H6Cl4F6O4. The van der Waals surface area contributed by atoms with Gasteiger partial charge in [-0.2, -0.15) is 26.3 Å². The monoisotopic (exact) mass is 504 g/mol. The molecule has 0 fully saturated rings. The predicted octanol–water partition coefficient (Wildman–Crippen LogP) is 6.53. The second-order valence-electron chi connectivity index (χ2n) is 5.58. The summed E-state index contributed by atoms with van der Waals surface area (Å²) in [6.07, 6.45) is -12.6. The topological polar surface area (TPSA) is 80.9 Å². The number of hydrogen-bond donors (Lipinski definition) is 4. The molecule has 0 saturated carbocycles. The molecule has 0 aromatic heterocycles. The van der Waals surface area contributed by atoms with Gasteiger partial charge in [0.15, 0.2) is 11.5 Å². The average Bonchev–Trinajstić information content (AvgIpc) is 2.58. The molecule has 4 nitrogen and oxygen atoms in total. The van der Waals surface area contributed by atoms with Gasteiger partial charge in [-0.15, -0.1) is 0 Å². The first-order valence-electron chi connectivity index (χ1n) is 6.94. The minimum Gasteiger partial charge on any atom is -0.506 e. The predicted molar refractivity (Wildman–Crippen MR) is 92.5 cm³/mol. The fraction of sp³-hybridized carbons (Fsp3) is 0.200. The first-order valence-corrected chi connectivity index (χ1v) is 8.45. The van der Waals surface area contributed by atoms with Crippen molar-refractivity contribution >= 4 is 46.4 Å². The first-order chi connectivity index (χ1) is 13.0. The zero-order valence-corrected chi connectivity index (χ0v) is 16.2. The standard InChI is InChI=1S/C15H6Cl4F6O4/c16-5-1-3(9(26)7(18)11(5)28)13(14(20,21)22,15(23,24)25)4-2-6(17)12(29)8(19)10(4)27/h1-2,26-29H. The van der Waals surface area contributed by atoms with Gasteiger partial charge in [-0.3, -0.25) is 0 Å². The summed E-state index contributed by atoms with van der Waals surface area (Å²) >= 11 is 21.8. The molecule has 0 unspecified atom stereocenters. The zero-order valence-electron chi connectivity index (χ0n) is 13.2. The van der Waals surface area contributed by atoms with E-state index in [-0.39, 0.29) is 12.1 Å². The molecule has 0 aliphatic rings. The van der Waals surface area contributed by atoms with Crippen molar-refractivity contribution in [3.63, 3.8) is 0 Å².